The van der Waals surface area contributed by atoms with Crippen molar-refractivity contribution in [1.82, 2.24) is 20.0 Å². The van der Waals surface area contributed by atoms with Gasteiger partial charge in [-0.1, -0.05) is 35.5 Å². The molecule has 3 rings (SSSR count). The summed E-state index contributed by atoms with van der Waals surface area (Å²) < 4.78 is 6.35. The zero-order chi connectivity index (χ0) is 17.3. The number of benzene rings is 1. The molecule has 0 aliphatic carbocycles. The molecule has 3 aromatic rings. The lowest BCUT2D eigenvalue weighted by atomic mass is 10.1. The van der Waals surface area contributed by atoms with E-state index in [1.54, 1.807) is 13.8 Å². The van der Waals surface area contributed by atoms with Crippen LogP contribution in [0.5, 0.6) is 0 Å². The van der Waals surface area contributed by atoms with Crippen LogP contribution >= 0.6 is 0 Å². The molecule has 1 N–H and O–H groups in total. The molecule has 2 aromatic heterocycles. The minimum atomic E-state index is -0.321. The highest BCUT2D eigenvalue weighted by Gasteiger charge is 2.17. The van der Waals surface area contributed by atoms with Crippen LogP contribution in [0.2, 0.25) is 0 Å². The van der Waals surface area contributed by atoms with Crippen molar-refractivity contribution in [3.63, 3.8) is 0 Å². The van der Waals surface area contributed by atoms with Crippen LogP contribution in [0.4, 0.5) is 0 Å². The van der Waals surface area contributed by atoms with Crippen molar-refractivity contribution in [1.29, 1.82) is 0 Å². The maximum atomic E-state index is 12.6. The number of hydrogen-bond donors (Lipinski definition) is 1. The van der Waals surface area contributed by atoms with Crippen molar-refractivity contribution in [2.75, 3.05) is 0 Å². The third kappa shape index (κ3) is 2.92. The van der Waals surface area contributed by atoms with Crippen molar-refractivity contribution in [2.45, 2.75) is 33.4 Å². The summed E-state index contributed by atoms with van der Waals surface area (Å²) in [5.41, 5.74) is 1.34. The molecule has 0 aliphatic rings. The second-order valence-electron chi connectivity index (χ2n) is 5.70. The molecular weight excluding hydrogens is 308 g/mol. The SMILES string of the molecule is Cc1noc2nc(C)n(CC(=O)N[C@@H](C)c3ccccc3)c(=O)c12. The lowest BCUT2D eigenvalue weighted by Crippen LogP contribution is -2.35. The summed E-state index contributed by atoms with van der Waals surface area (Å²) in [6.45, 7) is 5.13. The van der Waals surface area contributed by atoms with Crippen LogP contribution in [0.25, 0.3) is 11.1 Å². The topological polar surface area (TPSA) is 90.0 Å². The summed E-state index contributed by atoms with van der Waals surface area (Å²) in [5.74, 6) is 0.151. The Labute approximate surface area is 138 Å². The number of hydrogen-bond acceptors (Lipinski definition) is 5. The number of carbonyl (C=O) groups is 1. The number of carbonyl (C=O) groups excluding carboxylic acids is 1. The van der Waals surface area contributed by atoms with Gasteiger partial charge in [-0.2, -0.15) is 4.98 Å². The molecule has 0 saturated heterocycles. The first-order valence-corrected chi connectivity index (χ1v) is 7.65. The van der Waals surface area contributed by atoms with Crippen LogP contribution in [0, 0.1) is 13.8 Å². The first-order valence-electron chi connectivity index (χ1n) is 7.65. The van der Waals surface area contributed by atoms with Gasteiger partial charge in [0.05, 0.1) is 11.7 Å². The van der Waals surface area contributed by atoms with E-state index in [0.717, 1.165) is 5.56 Å². The van der Waals surface area contributed by atoms with Gasteiger partial charge in [-0.25, -0.2) is 0 Å². The molecule has 0 aliphatic heterocycles. The normalized spacial score (nSPS) is 12.3. The van der Waals surface area contributed by atoms with Crippen LogP contribution in [-0.2, 0) is 11.3 Å². The highest BCUT2D eigenvalue weighted by Crippen LogP contribution is 2.13. The molecular formula is C17H18N4O3. The Morgan fingerprint density at radius 1 is 1.29 bits per heavy atom. The molecule has 1 amide bonds. The van der Waals surface area contributed by atoms with Crippen molar-refractivity contribution in [3.8, 4) is 0 Å². The van der Waals surface area contributed by atoms with E-state index in [-0.39, 0.29) is 29.8 Å². The summed E-state index contributed by atoms with van der Waals surface area (Å²) in [5, 5.41) is 6.95. The van der Waals surface area contributed by atoms with Crippen LogP contribution in [0.1, 0.15) is 30.0 Å². The molecule has 2 heterocycles. The van der Waals surface area contributed by atoms with Crippen molar-refractivity contribution >= 4 is 17.0 Å². The van der Waals surface area contributed by atoms with Gasteiger partial charge in [-0.05, 0) is 26.3 Å². The van der Waals surface area contributed by atoms with Crippen LogP contribution in [0.15, 0.2) is 39.6 Å². The Kier molecular flexibility index (Phi) is 4.16. The molecule has 1 aromatic carbocycles. The predicted octanol–water partition coefficient (Wildman–Crippen LogP) is 1.88. The van der Waals surface area contributed by atoms with Gasteiger partial charge in [0.2, 0.25) is 5.91 Å². The third-order valence-corrected chi connectivity index (χ3v) is 3.94. The van der Waals surface area contributed by atoms with Crippen LogP contribution in [0.3, 0.4) is 0 Å². The summed E-state index contributed by atoms with van der Waals surface area (Å²) in [6.07, 6.45) is 0. The van der Waals surface area contributed by atoms with Crippen molar-refractivity contribution in [2.24, 2.45) is 0 Å². The number of rotatable bonds is 4. The van der Waals surface area contributed by atoms with Gasteiger partial charge in [0.15, 0.2) is 0 Å². The maximum absolute atomic E-state index is 12.6. The third-order valence-electron chi connectivity index (χ3n) is 3.94. The maximum Gasteiger partial charge on any atom is 0.267 e. The minimum absolute atomic E-state index is 0.102. The van der Waals surface area contributed by atoms with Gasteiger partial charge in [0, 0.05) is 0 Å². The zero-order valence-electron chi connectivity index (χ0n) is 13.7. The van der Waals surface area contributed by atoms with Gasteiger partial charge in [-0.15, -0.1) is 0 Å². The molecule has 0 fully saturated rings. The second kappa shape index (κ2) is 6.27. The summed E-state index contributed by atoms with van der Waals surface area (Å²) in [4.78, 5) is 29.1. The summed E-state index contributed by atoms with van der Waals surface area (Å²) >= 11 is 0. The molecule has 7 heteroatoms. The lowest BCUT2D eigenvalue weighted by Gasteiger charge is -2.15. The Morgan fingerprint density at radius 3 is 2.71 bits per heavy atom. The van der Waals surface area contributed by atoms with Crippen LogP contribution < -0.4 is 10.9 Å². The Balaban J connectivity index is 1.83. The number of aromatic nitrogens is 3. The van der Waals surface area contributed by atoms with E-state index in [1.165, 1.54) is 4.57 Å². The molecule has 0 saturated carbocycles. The van der Waals surface area contributed by atoms with E-state index in [4.69, 9.17) is 4.52 Å². The first-order chi connectivity index (χ1) is 11.5. The van der Waals surface area contributed by atoms with E-state index in [0.29, 0.717) is 16.9 Å². The first kappa shape index (κ1) is 15.9. The number of amides is 1. The highest BCUT2D eigenvalue weighted by molar-refractivity contribution is 5.78. The molecule has 24 heavy (non-hydrogen) atoms. The summed E-state index contributed by atoms with van der Waals surface area (Å²) in [6, 6.07) is 9.48. The van der Waals surface area contributed by atoms with Crippen LogP contribution in [-0.4, -0.2) is 20.6 Å². The van der Waals surface area contributed by atoms with E-state index >= 15 is 0 Å². The van der Waals surface area contributed by atoms with Gasteiger partial charge >= 0.3 is 0 Å². The molecule has 0 spiro atoms. The number of nitrogens with one attached hydrogen (secondary N) is 1. The highest BCUT2D eigenvalue weighted by atomic mass is 16.5. The fourth-order valence-electron chi connectivity index (χ4n) is 2.61. The number of fused-ring (bicyclic) bond motifs is 1. The Bertz CT molecular complexity index is 944. The van der Waals surface area contributed by atoms with E-state index in [1.807, 2.05) is 37.3 Å². The second-order valence-corrected chi connectivity index (χ2v) is 5.70. The number of nitrogens with zero attached hydrogens (tertiary/aromatic N) is 3. The predicted molar refractivity (Wildman–Crippen MR) is 88.5 cm³/mol. The van der Waals surface area contributed by atoms with Crippen molar-refractivity contribution in [3.05, 3.63) is 57.8 Å². The van der Waals surface area contributed by atoms with Gasteiger partial charge < -0.3 is 9.84 Å². The Morgan fingerprint density at radius 2 is 2.00 bits per heavy atom. The number of aryl methyl sites for hydroxylation is 2. The average Bonchev–Trinajstić information content (AvgIpc) is 2.93. The fourth-order valence-corrected chi connectivity index (χ4v) is 2.61. The van der Waals surface area contributed by atoms with E-state index in [2.05, 4.69) is 15.5 Å². The molecule has 0 radical (unpaired) electrons. The quantitative estimate of drug-likeness (QED) is 0.790. The van der Waals surface area contributed by atoms with Gasteiger partial charge in [-0.3, -0.25) is 14.2 Å². The fraction of sp³-hybridized carbons (Fsp3) is 0.294. The Hall–Kier alpha value is -2.96. The molecule has 0 bridgehead atoms. The van der Waals surface area contributed by atoms with E-state index < -0.39 is 0 Å². The van der Waals surface area contributed by atoms with Gasteiger partial charge in [0.25, 0.3) is 11.3 Å². The monoisotopic (exact) mass is 326 g/mol. The largest absolute Gasteiger partial charge is 0.348 e. The standard InChI is InChI=1S/C17H18N4O3/c1-10(13-7-5-4-6-8-13)18-14(22)9-21-12(3)19-16-15(17(21)23)11(2)20-24-16/h4-8,10H,9H2,1-3H3,(H,18,22)/t10-/m0/s1. The van der Waals surface area contributed by atoms with Crippen molar-refractivity contribution < 1.29 is 9.32 Å². The molecule has 0 unspecified atom stereocenters. The average molecular weight is 326 g/mol. The van der Waals surface area contributed by atoms with E-state index in [9.17, 15) is 9.59 Å². The zero-order valence-corrected chi connectivity index (χ0v) is 13.7. The molecule has 7 nitrogen and oxygen atoms in total. The smallest absolute Gasteiger partial charge is 0.267 e. The molecule has 124 valence electrons. The molecule has 1 atom stereocenters. The summed E-state index contributed by atoms with van der Waals surface area (Å²) in [7, 11) is 0. The minimum Gasteiger partial charge on any atom is -0.348 e. The lowest BCUT2D eigenvalue weighted by molar-refractivity contribution is -0.122. The van der Waals surface area contributed by atoms with Gasteiger partial charge in [0.1, 0.15) is 17.8 Å².